The SMILES string of the molecule is OC(OCc1cc(OCc2ccccc2)cc(OCc2ccccc2)c1)c1ccccc1. The number of benzene rings is 4. The van der Waals surface area contributed by atoms with Crippen molar-refractivity contribution in [3.05, 3.63) is 131 Å². The van der Waals surface area contributed by atoms with E-state index in [1.165, 1.54) is 0 Å². The highest BCUT2D eigenvalue weighted by Crippen LogP contribution is 2.26. The first kappa shape index (κ1) is 21.6. The van der Waals surface area contributed by atoms with Crippen molar-refractivity contribution in [1.82, 2.24) is 0 Å². The average molecular weight is 427 g/mol. The Hall–Kier alpha value is -3.60. The molecule has 0 aromatic heterocycles. The Balaban J connectivity index is 1.46. The number of aliphatic hydroxyl groups excluding tert-OH is 1. The monoisotopic (exact) mass is 426 g/mol. The van der Waals surface area contributed by atoms with Crippen LogP contribution in [0.4, 0.5) is 0 Å². The van der Waals surface area contributed by atoms with E-state index in [2.05, 4.69) is 0 Å². The lowest BCUT2D eigenvalue weighted by Crippen LogP contribution is -2.04. The second kappa shape index (κ2) is 11.1. The third-order valence-corrected chi connectivity index (χ3v) is 4.93. The van der Waals surface area contributed by atoms with Gasteiger partial charge in [0.2, 0.25) is 0 Å². The largest absolute Gasteiger partial charge is 0.489 e. The standard InChI is InChI=1S/C28H26O4/c29-28(25-14-8-3-9-15-25)32-21-24-16-26(30-19-22-10-4-1-5-11-22)18-27(17-24)31-20-23-12-6-2-7-13-23/h1-18,28-29H,19-21H2. The molecule has 32 heavy (non-hydrogen) atoms. The Morgan fingerprint density at radius 3 is 1.50 bits per heavy atom. The molecule has 1 N–H and O–H groups in total. The van der Waals surface area contributed by atoms with E-state index in [0.29, 0.717) is 30.3 Å². The summed E-state index contributed by atoms with van der Waals surface area (Å²) in [5.41, 5.74) is 3.74. The Morgan fingerprint density at radius 1 is 0.531 bits per heavy atom. The van der Waals surface area contributed by atoms with Crippen LogP contribution in [-0.2, 0) is 24.6 Å². The van der Waals surface area contributed by atoms with Gasteiger partial charge in [0.1, 0.15) is 24.7 Å². The lowest BCUT2D eigenvalue weighted by atomic mass is 10.2. The molecule has 0 bridgehead atoms. The van der Waals surface area contributed by atoms with Crippen LogP contribution in [0.15, 0.2) is 109 Å². The predicted molar refractivity (Wildman–Crippen MR) is 124 cm³/mol. The number of hydrogen-bond acceptors (Lipinski definition) is 4. The van der Waals surface area contributed by atoms with Gasteiger partial charge in [0.15, 0.2) is 6.29 Å². The van der Waals surface area contributed by atoms with E-state index >= 15 is 0 Å². The van der Waals surface area contributed by atoms with Gasteiger partial charge in [0.05, 0.1) is 6.61 Å². The molecule has 0 aliphatic carbocycles. The molecule has 4 aromatic carbocycles. The zero-order valence-electron chi connectivity index (χ0n) is 17.8. The fraction of sp³-hybridized carbons (Fsp3) is 0.143. The van der Waals surface area contributed by atoms with Gasteiger partial charge in [-0.15, -0.1) is 0 Å². The molecule has 0 aliphatic heterocycles. The maximum atomic E-state index is 10.3. The highest BCUT2D eigenvalue weighted by atomic mass is 16.6. The van der Waals surface area contributed by atoms with E-state index in [-0.39, 0.29) is 6.61 Å². The van der Waals surface area contributed by atoms with E-state index < -0.39 is 6.29 Å². The Labute approximate surface area is 188 Å². The second-order valence-corrected chi connectivity index (χ2v) is 7.44. The molecule has 4 aromatic rings. The summed E-state index contributed by atoms with van der Waals surface area (Å²) < 4.78 is 17.7. The molecular formula is C28H26O4. The topological polar surface area (TPSA) is 47.9 Å². The van der Waals surface area contributed by atoms with Crippen LogP contribution in [-0.4, -0.2) is 5.11 Å². The Kier molecular flexibility index (Phi) is 7.53. The molecule has 4 heteroatoms. The minimum Gasteiger partial charge on any atom is -0.489 e. The lowest BCUT2D eigenvalue weighted by Gasteiger charge is -2.15. The van der Waals surface area contributed by atoms with Gasteiger partial charge in [-0.1, -0.05) is 91.0 Å². The molecule has 1 unspecified atom stereocenters. The fourth-order valence-electron chi connectivity index (χ4n) is 3.25. The zero-order chi connectivity index (χ0) is 22.0. The van der Waals surface area contributed by atoms with Crippen LogP contribution in [0.25, 0.3) is 0 Å². The van der Waals surface area contributed by atoms with Gasteiger partial charge in [0.25, 0.3) is 0 Å². The molecule has 0 spiro atoms. The third kappa shape index (κ3) is 6.45. The van der Waals surface area contributed by atoms with Crippen molar-refractivity contribution in [2.75, 3.05) is 0 Å². The number of rotatable bonds is 10. The molecule has 1 atom stereocenters. The first-order valence-corrected chi connectivity index (χ1v) is 10.6. The molecule has 0 saturated heterocycles. The summed E-state index contributed by atoms with van der Waals surface area (Å²) in [6.07, 6.45) is -1.00. The van der Waals surface area contributed by atoms with Gasteiger partial charge in [0, 0.05) is 11.6 Å². The molecule has 0 heterocycles. The van der Waals surface area contributed by atoms with E-state index in [1.807, 2.05) is 109 Å². The molecule has 0 saturated carbocycles. The minimum atomic E-state index is -1.00. The van der Waals surface area contributed by atoms with Crippen molar-refractivity contribution < 1.29 is 19.3 Å². The average Bonchev–Trinajstić information content (AvgIpc) is 2.86. The summed E-state index contributed by atoms with van der Waals surface area (Å²) >= 11 is 0. The fourth-order valence-corrected chi connectivity index (χ4v) is 3.25. The maximum absolute atomic E-state index is 10.3. The first-order chi connectivity index (χ1) is 15.8. The van der Waals surface area contributed by atoms with Crippen molar-refractivity contribution in [2.45, 2.75) is 26.1 Å². The van der Waals surface area contributed by atoms with Crippen molar-refractivity contribution >= 4 is 0 Å². The van der Waals surface area contributed by atoms with Crippen LogP contribution < -0.4 is 9.47 Å². The van der Waals surface area contributed by atoms with Crippen molar-refractivity contribution in [1.29, 1.82) is 0 Å². The molecule has 4 nitrogen and oxygen atoms in total. The van der Waals surface area contributed by atoms with E-state index in [0.717, 1.165) is 16.7 Å². The molecule has 4 rings (SSSR count). The van der Waals surface area contributed by atoms with Gasteiger partial charge >= 0.3 is 0 Å². The summed E-state index contributed by atoms with van der Waals surface area (Å²) in [7, 11) is 0. The summed E-state index contributed by atoms with van der Waals surface area (Å²) in [5.74, 6) is 1.37. The minimum absolute atomic E-state index is 0.223. The smallest absolute Gasteiger partial charge is 0.181 e. The molecule has 0 radical (unpaired) electrons. The van der Waals surface area contributed by atoms with Crippen LogP contribution in [0.2, 0.25) is 0 Å². The van der Waals surface area contributed by atoms with E-state index in [4.69, 9.17) is 14.2 Å². The summed E-state index contributed by atoms with van der Waals surface area (Å²) in [5, 5.41) is 10.3. The van der Waals surface area contributed by atoms with Crippen LogP contribution in [0, 0.1) is 0 Å². The van der Waals surface area contributed by atoms with Gasteiger partial charge in [-0.3, -0.25) is 0 Å². The summed E-state index contributed by atoms with van der Waals surface area (Å²) in [6, 6.07) is 35.0. The van der Waals surface area contributed by atoms with Crippen molar-refractivity contribution in [3.8, 4) is 11.5 Å². The number of hydrogen-bond donors (Lipinski definition) is 1. The van der Waals surface area contributed by atoms with Crippen LogP contribution >= 0.6 is 0 Å². The third-order valence-electron chi connectivity index (χ3n) is 4.93. The molecule has 0 amide bonds. The van der Waals surface area contributed by atoms with E-state index in [1.54, 1.807) is 0 Å². The highest BCUT2D eigenvalue weighted by Gasteiger charge is 2.10. The van der Waals surface area contributed by atoms with E-state index in [9.17, 15) is 5.11 Å². The summed E-state index contributed by atoms with van der Waals surface area (Å²) in [4.78, 5) is 0. The van der Waals surface area contributed by atoms with Crippen LogP contribution in [0.1, 0.15) is 28.5 Å². The second-order valence-electron chi connectivity index (χ2n) is 7.44. The quantitative estimate of drug-likeness (QED) is 0.314. The lowest BCUT2D eigenvalue weighted by molar-refractivity contribution is -0.112. The maximum Gasteiger partial charge on any atom is 0.181 e. The number of ether oxygens (including phenoxy) is 3. The molecule has 0 aliphatic rings. The van der Waals surface area contributed by atoms with Crippen molar-refractivity contribution in [3.63, 3.8) is 0 Å². The molecular weight excluding hydrogens is 400 g/mol. The van der Waals surface area contributed by atoms with Gasteiger partial charge in [-0.05, 0) is 28.8 Å². The van der Waals surface area contributed by atoms with Gasteiger partial charge < -0.3 is 19.3 Å². The van der Waals surface area contributed by atoms with Gasteiger partial charge in [-0.25, -0.2) is 0 Å². The molecule has 162 valence electrons. The summed E-state index contributed by atoms with van der Waals surface area (Å²) in [6.45, 7) is 1.13. The predicted octanol–water partition coefficient (Wildman–Crippen LogP) is 6.05. The molecule has 0 fully saturated rings. The van der Waals surface area contributed by atoms with Crippen LogP contribution in [0.3, 0.4) is 0 Å². The zero-order valence-corrected chi connectivity index (χ0v) is 17.8. The highest BCUT2D eigenvalue weighted by molar-refractivity contribution is 5.38. The Morgan fingerprint density at radius 2 is 1.00 bits per heavy atom. The Bertz CT molecular complexity index is 1020. The van der Waals surface area contributed by atoms with Crippen LogP contribution in [0.5, 0.6) is 11.5 Å². The first-order valence-electron chi connectivity index (χ1n) is 10.6. The normalized spacial score (nSPS) is 11.7. The van der Waals surface area contributed by atoms with Gasteiger partial charge in [-0.2, -0.15) is 0 Å². The number of aliphatic hydroxyl groups is 1. The van der Waals surface area contributed by atoms with Crippen molar-refractivity contribution in [2.24, 2.45) is 0 Å².